The van der Waals surface area contributed by atoms with E-state index in [1.807, 2.05) is 20.8 Å². The smallest absolute Gasteiger partial charge is 0.343 e. The molecule has 1 aromatic carbocycles. The minimum Gasteiger partial charge on any atom is -0.508 e. The Morgan fingerprint density at radius 2 is 2.10 bits per heavy atom. The van der Waals surface area contributed by atoms with Gasteiger partial charge in [0.05, 0.1) is 17.2 Å². The first-order chi connectivity index (χ1) is 13.8. The molecular weight excluding hydrogens is 368 g/mol. The SMILES string of the molecule is CC(=CCC[C@]1(C)Oc2c(c(=O)oc3cc(O)ccc23)[C@@H]1C)Cc1cc(C)co1. The molecule has 1 N–H and O–H groups in total. The number of fused-ring (bicyclic) bond motifs is 3. The van der Waals surface area contributed by atoms with Gasteiger partial charge in [-0.2, -0.15) is 0 Å². The lowest BCUT2D eigenvalue weighted by Crippen LogP contribution is -2.33. The number of hydrogen-bond donors (Lipinski definition) is 1. The Labute approximate surface area is 169 Å². The first-order valence-electron chi connectivity index (χ1n) is 9.95. The van der Waals surface area contributed by atoms with Gasteiger partial charge in [-0.25, -0.2) is 4.79 Å². The van der Waals surface area contributed by atoms with Crippen molar-refractivity contribution in [1.29, 1.82) is 0 Å². The van der Waals surface area contributed by atoms with E-state index < -0.39 is 11.2 Å². The molecule has 0 amide bonds. The maximum Gasteiger partial charge on any atom is 0.343 e. The van der Waals surface area contributed by atoms with Crippen LogP contribution in [0.3, 0.4) is 0 Å². The summed E-state index contributed by atoms with van der Waals surface area (Å²) in [6, 6.07) is 6.82. The Bertz CT molecular complexity index is 1150. The number of hydrogen-bond acceptors (Lipinski definition) is 5. The maximum atomic E-state index is 12.6. The lowest BCUT2D eigenvalue weighted by atomic mass is 9.84. The molecule has 0 saturated carbocycles. The highest BCUT2D eigenvalue weighted by atomic mass is 16.5. The Morgan fingerprint density at radius 1 is 1.31 bits per heavy atom. The van der Waals surface area contributed by atoms with Gasteiger partial charge in [-0.3, -0.25) is 0 Å². The van der Waals surface area contributed by atoms with Crippen molar-refractivity contribution in [3.05, 3.63) is 69.5 Å². The third kappa shape index (κ3) is 3.57. The second-order valence-corrected chi connectivity index (χ2v) is 8.31. The number of furan rings is 1. The molecule has 1 aliphatic heterocycles. The lowest BCUT2D eigenvalue weighted by Gasteiger charge is -2.28. The first-order valence-corrected chi connectivity index (χ1v) is 9.95. The van der Waals surface area contributed by atoms with Gasteiger partial charge in [0.2, 0.25) is 0 Å². The number of benzene rings is 1. The van der Waals surface area contributed by atoms with Gasteiger partial charge in [-0.05, 0) is 57.4 Å². The number of allylic oxidation sites excluding steroid dienone is 2. The van der Waals surface area contributed by atoms with Crippen LogP contribution >= 0.6 is 0 Å². The van der Waals surface area contributed by atoms with Crippen LogP contribution < -0.4 is 10.4 Å². The fourth-order valence-corrected chi connectivity index (χ4v) is 4.09. The molecule has 0 aliphatic carbocycles. The van der Waals surface area contributed by atoms with Gasteiger partial charge in [-0.15, -0.1) is 0 Å². The molecule has 2 atom stereocenters. The molecule has 5 nitrogen and oxygen atoms in total. The summed E-state index contributed by atoms with van der Waals surface area (Å²) in [5, 5.41) is 10.4. The predicted octanol–water partition coefficient (Wildman–Crippen LogP) is 5.62. The number of phenols is 1. The summed E-state index contributed by atoms with van der Waals surface area (Å²) in [7, 11) is 0. The molecule has 29 heavy (non-hydrogen) atoms. The minimum atomic E-state index is -0.499. The molecule has 4 rings (SSSR count). The average molecular weight is 394 g/mol. The van der Waals surface area contributed by atoms with E-state index in [9.17, 15) is 9.90 Å². The van der Waals surface area contributed by atoms with E-state index in [-0.39, 0.29) is 11.7 Å². The van der Waals surface area contributed by atoms with E-state index in [0.29, 0.717) is 22.3 Å². The summed E-state index contributed by atoms with van der Waals surface area (Å²) in [4.78, 5) is 12.6. The number of aryl methyl sites for hydroxylation is 1. The molecule has 1 aliphatic rings. The monoisotopic (exact) mass is 394 g/mol. The van der Waals surface area contributed by atoms with Gasteiger partial charge in [0, 0.05) is 18.4 Å². The van der Waals surface area contributed by atoms with Crippen LogP contribution in [0.1, 0.15) is 56.4 Å². The van der Waals surface area contributed by atoms with E-state index in [0.717, 1.165) is 30.6 Å². The molecule has 5 heteroatoms. The first kappa shape index (κ1) is 19.4. The molecule has 0 unspecified atom stereocenters. The normalized spacial score (nSPS) is 21.4. The maximum absolute atomic E-state index is 12.6. The molecular formula is C24H26O5. The zero-order valence-electron chi connectivity index (χ0n) is 17.2. The Hall–Kier alpha value is -2.95. The van der Waals surface area contributed by atoms with Crippen molar-refractivity contribution >= 4 is 11.0 Å². The minimum absolute atomic E-state index is 0.0572. The molecule has 3 aromatic rings. The van der Waals surface area contributed by atoms with E-state index in [4.69, 9.17) is 13.6 Å². The number of phenolic OH excluding ortho intramolecular Hbond substituents is 1. The summed E-state index contributed by atoms with van der Waals surface area (Å²) in [5.41, 5.74) is 2.40. The van der Waals surface area contributed by atoms with Crippen molar-refractivity contribution in [2.24, 2.45) is 0 Å². The Kier molecular flexibility index (Phi) is 4.77. The van der Waals surface area contributed by atoms with Gasteiger partial charge in [0.1, 0.15) is 28.4 Å². The highest BCUT2D eigenvalue weighted by Crippen LogP contribution is 2.48. The fourth-order valence-electron chi connectivity index (χ4n) is 4.09. The zero-order chi connectivity index (χ0) is 20.8. The topological polar surface area (TPSA) is 72.8 Å². The van der Waals surface area contributed by atoms with Crippen LogP contribution in [0.2, 0.25) is 0 Å². The third-order valence-corrected chi connectivity index (χ3v) is 5.93. The van der Waals surface area contributed by atoms with Crippen LogP contribution in [0.4, 0.5) is 0 Å². The van der Waals surface area contributed by atoms with Crippen LogP contribution in [0.25, 0.3) is 11.0 Å². The molecule has 0 bridgehead atoms. The van der Waals surface area contributed by atoms with Crippen molar-refractivity contribution in [3.63, 3.8) is 0 Å². The van der Waals surface area contributed by atoms with Crippen molar-refractivity contribution < 1.29 is 18.7 Å². The standard InChI is InChI=1S/C24H26O5/c1-14(10-18-11-15(2)13-27-18)6-5-9-24(4)16(3)21-22(29-24)19-8-7-17(25)12-20(19)28-23(21)26/h6-8,11-13,16,25H,5,9-10H2,1-4H3/t16-,24-/m0/s1. The lowest BCUT2D eigenvalue weighted by molar-refractivity contribution is 0.0862. The molecule has 152 valence electrons. The van der Waals surface area contributed by atoms with E-state index in [2.05, 4.69) is 19.1 Å². The van der Waals surface area contributed by atoms with E-state index >= 15 is 0 Å². The summed E-state index contributed by atoms with van der Waals surface area (Å²) in [6.45, 7) is 8.17. The fraction of sp³-hybridized carbons (Fsp3) is 0.375. The van der Waals surface area contributed by atoms with Crippen LogP contribution in [-0.4, -0.2) is 10.7 Å². The average Bonchev–Trinajstić information content (AvgIpc) is 3.16. The molecule has 0 spiro atoms. The van der Waals surface area contributed by atoms with Crippen molar-refractivity contribution in [2.45, 2.75) is 58.5 Å². The van der Waals surface area contributed by atoms with Crippen molar-refractivity contribution in [1.82, 2.24) is 0 Å². The largest absolute Gasteiger partial charge is 0.508 e. The Balaban J connectivity index is 1.53. The molecule has 0 saturated heterocycles. The molecule has 3 heterocycles. The van der Waals surface area contributed by atoms with Crippen LogP contribution in [0.5, 0.6) is 11.5 Å². The van der Waals surface area contributed by atoms with Gasteiger partial charge < -0.3 is 18.7 Å². The van der Waals surface area contributed by atoms with Crippen molar-refractivity contribution in [2.75, 3.05) is 0 Å². The number of rotatable bonds is 5. The summed E-state index contributed by atoms with van der Waals surface area (Å²) >= 11 is 0. The summed E-state index contributed by atoms with van der Waals surface area (Å²) in [6.07, 6.45) is 6.38. The number of ether oxygens (including phenoxy) is 1. The van der Waals surface area contributed by atoms with Crippen molar-refractivity contribution in [3.8, 4) is 11.5 Å². The van der Waals surface area contributed by atoms with Gasteiger partial charge in [0.25, 0.3) is 0 Å². The van der Waals surface area contributed by atoms with Gasteiger partial charge in [0.15, 0.2) is 0 Å². The van der Waals surface area contributed by atoms with Crippen LogP contribution in [-0.2, 0) is 6.42 Å². The Morgan fingerprint density at radius 3 is 2.83 bits per heavy atom. The van der Waals surface area contributed by atoms with Crippen LogP contribution in [0.15, 0.2) is 55.8 Å². The highest BCUT2D eigenvalue weighted by molar-refractivity contribution is 5.86. The highest BCUT2D eigenvalue weighted by Gasteiger charge is 2.44. The quantitative estimate of drug-likeness (QED) is 0.449. The second kappa shape index (κ2) is 7.14. The second-order valence-electron chi connectivity index (χ2n) is 8.31. The van der Waals surface area contributed by atoms with E-state index in [1.54, 1.807) is 18.4 Å². The molecule has 0 fully saturated rings. The third-order valence-electron chi connectivity index (χ3n) is 5.93. The van der Waals surface area contributed by atoms with E-state index in [1.165, 1.54) is 11.6 Å². The zero-order valence-corrected chi connectivity index (χ0v) is 17.2. The summed E-state index contributed by atoms with van der Waals surface area (Å²) < 4.78 is 17.3. The number of aromatic hydroxyl groups is 1. The molecule has 0 radical (unpaired) electrons. The predicted molar refractivity (Wildman–Crippen MR) is 112 cm³/mol. The molecule has 2 aromatic heterocycles. The summed E-state index contributed by atoms with van der Waals surface area (Å²) in [5.74, 6) is 1.51. The van der Waals surface area contributed by atoms with Crippen LogP contribution in [0, 0.1) is 6.92 Å². The van der Waals surface area contributed by atoms with Gasteiger partial charge >= 0.3 is 5.63 Å². The van der Waals surface area contributed by atoms with Gasteiger partial charge in [-0.1, -0.05) is 18.6 Å².